The number of morpholine rings is 4. The number of aromatic nitrogens is 2. The highest BCUT2D eigenvalue weighted by Crippen LogP contribution is 2.43. The van der Waals surface area contributed by atoms with Gasteiger partial charge in [-0.25, -0.2) is 0 Å². The summed E-state index contributed by atoms with van der Waals surface area (Å²) in [4.78, 5) is 17.7. The molecule has 0 radical (unpaired) electrons. The van der Waals surface area contributed by atoms with Crippen LogP contribution in [0.1, 0.15) is 92.4 Å². The minimum atomic E-state index is 0.858. The third-order valence-electron chi connectivity index (χ3n) is 23.2. The smallest absolute Gasteiger partial charge is 0.0594 e. The molecule has 20 rings (SSSR count). The van der Waals surface area contributed by atoms with E-state index in [0.717, 1.165) is 157 Å². The number of pyridine rings is 1. The standard InChI is InChI=1S/C28H27NO.C26H25NO.C25H24N2O.C24H24N2O/c1-2-8-23(9-3-1)24-10-6-7-22(19-24)20-26-21-25(27-11-4-5-12-28(26)27)13-14-29-15-17-30-18-16-29;1-2-6-22-17-20(9-10-21(22)5-1)18-24-19-23(25-7-3-4-8-26(24)25)11-12-27-13-15-28-16-14-27;1-2-7-25-22(16-19-4-3-5-21-18-26-10-8-23(19)21)17-20(24(25)6-1)9-11-27-12-14-28-15-13-27;1-2-7-23-21(17-20-5-3-4-18-8-10-25-24(18)20)16-19(22(23)6-1)9-11-26-12-14-27-15-13-26/h1-12,19-21H,13-18H2;1-10,17-19H,11-16H2;1-8,10,16-18H,9,11-15H2;1-8,10,16-17,25H,9,11-15H2/b26-20+;24-18+;22-16+;21-17+. The summed E-state index contributed by atoms with van der Waals surface area (Å²) in [7, 11) is 0. The first-order valence-electron chi connectivity index (χ1n) is 40.8. The SMILES string of the molecule is C1=C(CCN2CCOCC2)c2ccccc2/C1=C/c1ccc2ccccc2c1.C1=C(CCN2CCOCC2)c2ccccc2/C1=C/c1cccc(-c2ccccc2)c1.C1=C(CCN2CCOCC2)c2ccccc2/C1=C/c1cccc2cc[nH]c12.C1=C(CCN2CCOCC2)c2ccccc2/C1=C/c1cccc2cnccc12. The van der Waals surface area contributed by atoms with Crippen molar-refractivity contribution >= 4 is 101 Å². The zero-order chi connectivity index (χ0) is 75.8. The van der Waals surface area contributed by atoms with E-state index in [0.29, 0.717) is 0 Å². The van der Waals surface area contributed by atoms with Crippen LogP contribution < -0.4 is 0 Å². The Balaban J connectivity index is 0.000000109. The van der Waals surface area contributed by atoms with Crippen molar-refractivity contribution in [1.82, 2.24) is 29.6 Å². The average molecular weight is 1490 g/mol. The molecule has 0 spiro atoms. The van der Waals surface area contributed by atoms with Crippen LogP contribution in [-0.4, -0.2) is 161 Å². The lowest BCUT2D eigenvalue weighted by Crippen LogP contribution is -2.36. The maximum Gasteiger partial charge on any atom is 0.0594 e. The number of hydrogen-bond acceptors (Lipinski definition) is 9. The van der Waals surface area contributed by atoms with E-state index < -0.39 is 0 Å². The summed E-state index contributed by atoms with van der Waals surface area (Å²) < 4.78 is 21.9. The molecule has 0 saturated carbocycles. The Morgan fingerprint density at radius 1 is 0.301 bits per heavy atom. The van der Waals surface area contributed by atoms with Crippen LogP contribution in [-0.2, 0) is 18.9 Å². The van der Waals surface area contributed by atoms with E-state index in [1.165, 1.54) is 155 Å². The Morgan fingerprint density at radius 3 is 1.17 bits per heavy atom. The van der Waals surface area contributed by atoms with Gasteiger partial charge in [-0.15, -0.1) is 0 Å². The van der Waals surface area contributed by atoms with Gasteiger partial charge in [-0.2, -0.15) is 0 Å². The molecule has 4 saturated heterocycles. The van der Waals surface area contributed by atoms with E-state index in [1.807, 2.05) is 18.6 Å². The summed E-state index contributed by atoms with van der Waals surface area (Å²) in [5.41, 5.74) is 30.7. The predicted molar refractivity (Wildman–Crippen MR) is 473 cm³/mol. The lowest BCUT2D eigenvalue weighted by molar-refractivity contribution is 0.0389. The number of benzene rings is 10. The highest BCUT2D eigenvalue weighted by atomic mass is 16.5. The minimum absolute atomic E-state index is 0.858. The molecule has 8 aliphatic rings. The number of hydrogen-bond donors (Lipinski definition) is 1. The molecule has 4 aliphatic heterocycles. The van der Waals surface area contributed by atoms with Gasteiger partial charge in [-0.05, 0) is 218 Å². The molecule has 1 N–H and O–H groups in total. The molecule has 10 heteroatoms. The van der Waals surface area contributed by atoms with Crippen LogP contribution in [0.15, 0.2) is 286 Å². The monoisotopic (exact) mass is 1480 g/mol. The van der Waals surface area contributed by atoms with E-state index in [1.54, 1.807) is 0 Å². The average Bonchev–Trinajstić information content (AvgIpc) is 1.66. The summed E-state index contributed by atoms with van der Waals surface area (Å²) in [6, 6.07) is 87.0. The predicted octanol–water partition coefficient (Wildman–Crippen LogP) is 21.2. The second-order valence-electron chi connectivity index (χ2n) is 30.4. The van der Waals surface area contributed by atoms with Gasteiger partial charge in [0.15, 0.2) is 0 Å². The van der Waals surface area contributed by atoms with Crippen molar-refractivity contribution in [3.63, 3.8) is 0 Å². The zero-order valence-electron chi connectivity index (χ0n) is 64.8. The lowest BCUT2D eigenvalue weighted by Gasteiger charge is -2.26. The largest absolute Gasteiger partial charge is 0.379 e. The van der Waals surface area contributed by atoms with Crippen molar-refractivity contribution in [3.05, 3.63) is 352 Å². The number of allylic oxidation sites excluding steroid dienone is 8. The zero-order valence-corrected chi connectivity index (χ0v) is 64.8. The minimum Gasteiger partial charge on any atom is -0.379 e. The van der Waals surface area contributed by atoms with Gasteiger partial charge in [-0.3, -0.25) is 24.6 Å². The molecule has 0 unspecified atom stereocenters. The second kappa shape index (κ2) is 36.7. The molecule has 0 amide bonds. The van der Waals surface area contributed by atoms with Gasteiger partial charge < -0.3 is 23.9 Å². The van der Waals surface area contributed by atoms with Gasteiger partial charge in [0, 0.05) is 103 Å². The summed E-state index contributed by atoms with van der Waals surface area (Å²) in [5, 5.41) is 6.27. The molecule has 2 aromatic heterocycles. The molecule has 10 aromatic carbocycles. The molecule has 4 fully saturated rings. The molecule has 0 bridgehead atoms. The Bertz CT molecular complexity index is 5580. The number of ether oxygens (including phenoxy) is 4. The fourth-order valence-electron chi connectivity index (χ4n) is 17.1. The molecule has 6 heterocycles. The maximum absolute atomic E-state index is 5.49. The Labute approximate surface area is 666 Å². The van der Waals surface area contributed by atoms with E-state index in [-0.39, 0.29) is 0 Å². The normalized spacial score (nSPS) is 18.3. The van der Waals surface area contributed by atoms with Gasteiger partial charge in [-0.1, -0.05) is 243 Å². The van der Waals surface area contributed by atoms with Crippen molar-refractivity contribution in [2.24, 2.45) is 0 Å². The first-order chi connectivity index (χ1) is 56.0. The second-order valence-corrected chi connectivity index (χ2v) is 30.4. The topological polar surface area (TPSA) is 78.6 Å². The Hall–Kier alpha value is -11.0. The number of para-hydroxylation sites is 1. The highest BCUT2D eigenvalue weighted by molar-refractivity contribution is 6.07. The fraction of sp³-hybridized carbons (Fsp3) is 0.233. The van der Waals surface area contributed by atoms with Gasteiger partial charge in [0.1, 0.15) is 0 Å². The van der Waals surface area contributed by atoms with E-state index >= 15 is 0 Å². The number of rotatable bonds is 17. The first kappa shape index (κ1) is 74.7. The molecule has 566 valence electrons. The molecule has 12 aromatic rings. The summed E-state index contributed by atoms with van der Waals surface area (Å²) in [5.74, 6) is 0. The molecule has 0 atom stereocenters. The molecule has 10 nitrogen and oxygen atoms in total. The van der Waals surface area contributed by atoms with Gasteiger partial charge in [0.25, 0.3) is 0 Å². The molecule has 113 heavy (non-hydrogen) atoms. The number of nitrogens with one attached hydrogen (secondary N) is 1. The fourth-order valence-corrected chi connectivity index (χ4v) is 17.1. The van der Waals surface area contributed by atoms with Crippen LogP contribution in [0.3, 0.4) is 0 Å². The van der Waals surface area contributed by atoms with Gasteiger partial charge in [0.2, 0.25) is 0 Å². The van der Waals surface area contributed by atoms with Crippen LogP contribution >= 0.6 is 0 Å². The van der Waals surface area contributed by atoms with Crippen molar-refractivity contribution in [3.8, 4) is 11.1 Å². The highest BCUT2D eigenvalue weighted by Gasteiger charge is 2.25. The van der Waals surface area contributed by atoms with Crippen LogP contribution in [0.4, 0.5) is 0 Å². The van der Waals surface area contributed by atoms with Crippen molar-refractivity contribution in [2.75, 3.05) is 131 Å². The first-order valence-corrected chi connectivity index (χ1v) is 40.8. The van der Waals surface area contributed by atoms with Crippen LogP contribution in [0.2, 0.25) is 0 Å². The van der Waals surface area contributed by atoms with Crippen LogP contribution in [0, 0.1) is 0 Å². The summed E-state index contributed by atoms with van der Waals surface area (Å²) >= 11 is 0. The number of H-pyrrole nitrogens is 1. The molecular formula is C103H100N6O4. The summed E-state index contributed by atoms with van der Waals surface area (Å²) in [6.07, 6.45) is 29.0. The molecular weight excluding hydrogens is 1390 g/mol. The third kappa shape index (κ3) is 18.4. The lowest BCUT2D eigenvalue weighted by atomic mass is 9.99. The molecule has 4 aliphatic carbocycles. The van der Waals surface area contributed by atoms with Crippen molar-refractivity contribution < 1.29 is 18.9 Å². The maximum atomic E-state index is 5.49. The summed E-state index contributed by atoms with van der Waals surface area (Å²) in [6.45, 7) is 19.7. The van der Waals surface area contributed by atoms with Gasteiger partial charge in [0.05, 0.1) is 58.4 Å². The quantitative estimate of drug-likeness (QED) is 0.0959. The van der Waals surface area contributed by atoms with E-state index in [4.69, 9.17) is 18.9 Å². The Morgan fingerprint density at radius 2 is 0.681 bits per heavy atom. The third-order valence-corrected chi connectivity index (χ3v) is 23.2. The number of aromatic amines is 1. The van der Waals surface area contributed by atoms with Crippen molar-refractivity contribution in [2.45, 2.75) is 25.7 Å². The number of nitrogens with zero attached hydrogens (tertiary/aromatic N) is 5. The Kier molecular flexibility index (Phi) is 24.2. The van der Waals surface area contributed by atoms with Crippen LogP contribution in [0.25, 0.3) is 112 Å². The van der Waals surface area contributed by atoms with E-state index in [9.17, 15) is 0 Å². The van der Waals surface area contributed by atoms with Gasteiger partial charge >= 0.3 is 0 Å². The van der Waals surface area contributed by atoms with E-state index in [2.05, 4.69) is 321 Å². The van der Waals surface area contributed by atoms with Crippen LogP contribution in [0.5, 0.6) is 0 Å². The van der Waals surface area contributed by atoms with Crippen molar-refractivity contribution in [1.29, 1.82) is 0 Å². The number of fused-ring (bicyclic) bond motifs is 7.